The molecule has 100 valence electrons. The minimum Gasteiger partial charge on any atom is -0.455 e. The molecule has 2 aromatic carbocycles. The number of rotatable bonds is 3. The van der Waals surface area contributed by atoms with Gasteiger partial charge in [-0.05, 0) is 24.3 Å². The number of aliphatic hydroxyl groups is 1. The van der Waals surface area contributed by atoms with E-state index in [2.05, 4.69) is 4.98 Å². The second kappa shape index (κ2) is 5.49. The quantitative estimate of drug-likeness (QED) is 0.785. The van der Waals surface area contributed by atoms with E-state index in [4.69, 9.17) is 16.3 Å². The summed E-state index contributed by atoms with van der Waals surface area (Å²) in [7, 11) is 0. The summed E-state index contributed by atoms with van der Waals surface area (Å²) in [4.78, 5) is 4.36. The highest BCUT2D eigenvalue weighted by Crippen LogP contribution is 2.33. The van der Waals surface area contributed by atoms with E-state index in [0.29, 0.717) is 22.2 Å². The van der Waals surface area contributed by atoms with Crippen LogP contribution in [0.2, 0.25) is 5.02 Å². The van der Waals surface area contributed by atoms with Gasteiger partial charge in [-0.3, -0.25) is 4.98 Å². The largest absolute Gasteiger partial charge is 0.455 e. The summed E-state index contributed by atoms with van der Waals surface area (Å²) in [6.07, 6.45) is 0. The Bertz CT molecular complexity index is 758. The molecule has 0 aliphatic heterocycles. The van der Waals surface area contributed by atoms with Gasteiger partial charge < -0.3 is 9.84 Å². The average molecular weight is 286 g/mol. The topological polar surface area (TPSA) is 42.4 Å². The van der Waals surface area contributed by atoms with E-state index in [-0.39, 0.29) is 6.61 Å². The summed E-state index contributed by atoms with van der Waals surface area (Å²) in [5, 5.41) is 10.7. The highest BCUT2D eigenvalue weighted by Gasteiger charge is 2.09. The number of hydrogen-bond donors (Lipinski definition) is 1. The van der Waals surface area contributed by atoms with Gasteiger partial charge in [-0.2, -0.15) is 0 Å². The molecule has 0 radical (unpaired) electrons. The number of para-hydroxylation sites is 2. The third-order valence-corrected chi connectivity index (χ3v) is 3.26. The molecule has 3 nitrogen and oxygen atoms in total. The van der Waals surface area contributed by atoms with Crippen LogP contribution in [0.15, 0.2) is 54.6 Å². The molecule has 20 heavy (non-hydrogen) atoms. The molecule has 0 amide bonds. The third-order valence-electron chi connectivity index (χ3n) is 2.95. The molecule has 0 spiro atoms. The lowest BCUT2D eigenvalue weighted by Crippen LogP contribution is -1.94. The fourth-order valence-corrected chi connectivity index (χ4v) is 2.18. The summed E-state index contributed by atoms with van der Waals surface area (Å²) < 4.78 is 5.88. The lowest BCUT2D eigenvalue weighted by Gasteiger charge is -2.11. The second-order valence-electron chi connectivity index (χ2n) is 4.32. The number of fused-ring (bicyclic) bond motifs is 1. The van der Waals surface area contributed by atoms with Gasteiger partial charge in [0.2, 0.25) is 0 Å². The van der Waals surface area contributed by atoms with Crippen LogP contribution in [0.5, 0.6) is 11.5 Å². The molecule has 0 aliphatic rings. The number of benzene rings is 2. The van der Waals surface area contributed by atoms with Crippen molar-refractivity contribution in [2.45, 2.75) is 6.61 Å². The van der Waals surface area contributed by atoms with Gasteiger partial charge in [0.05, 0.1) is 22.8 Å². The summed E-state index contributed by atoms with van der Waals surface area (Å²) in [6.45, 7) is -0.135. The normalized spacial score (nSPS) is 10.7. The van der Waals surface area contributed by atoms with Gasteiger partial charge in [0.25, 0.3) is 0 Å². The van der Waals surface area contributed by atoms with Crippen LogP contribution in [0.1, 0.15) is 5.69 Å². The zero-order valence-electron chi connectivity index (χ0n) is 10.6. The van der Waals surface area contributed by atoms with Gasteiger partial charge >= 0.3 is 0 Å². The molecule has 1 heterocycles. The molecule has 0 aliphatic carbocycles. The molecular weight excluding hydrogens is 274 g/mol. The number of aromatic nitrogens is 1. The summed E-state index contributed by atoms with van der Waals surface area (Å²) in [6, 6.07) is 16.6. The van der Waals surface area contributed by atoms with Crippen molar-refractivity contribution in [1.82, 2.24) is 4.98 Å². The Kier molecular flexibility index (Phi) is 3.54. The molecule has 0 atom stereocenters. The predicted molar refractivity (Wildman–Crippen MR) is 79.2 cm³/mol. The van der Waals surface area contributed by atoms with E-state index < -0.39 is 0 Å². The van der Waals surface area contributed by atoms with Crippen LogP contribution >= 0.6 is 11.6 Å². The van der Waals surface area contributed by atoms with Gasteiger partial charge in [0.1, 0.15) is 11.5 Å². The molecule has 3 rings (SSSR count). The molecule has 4 heteroatoms. The summed E-state index contributed by atoms with van der Waals surface area (Å²) >= 11 is 6.11. The second-order valence-corrected chi connectivity index (χ2v) is 4.73. The Morgan fingerprint density at radius 1 is 1.00 bits per heavy atom. The standard InChI is InChI=1S/C16H12ClNO2/c17-13-6-2-4-8-15(13)20-16-9-11(10-19)18-14-7-3-1-5-12(14)16/h1-9,19H,10H2. The first kappa shape index (κ1) is 12.9. The molecule has 0 fully saturated rings. The molecular formula is C16H12ClNO2. The molecule has 3 aromatic rings. The molecule has 0 bridgehead atoms. The maximum absolute atomic E-state index is 9.30. The predicted octanol–water partition coefficient (Wildman–Crippen LogP) is 4.17. The van der Waals surface area contributed by atoms with Crippen molar-refractivity contribution in [1.29, 1.82) is 0 Å². The van der Waals surface area contributed by atoms with Crippen molar-refractivity contribution in [2.75, 3.05) is 0 Å². The van der Waals surface area contributed by atoms with Gasteiger partial charge in [-0.15, -0.1) is 0 Å². The maximum atomic E-state index is 9.30. The van der Waals surface area contributed by atoms with Crippen molar-refractivity contribution < 1.29 is 9.84 Å². The number of aliphatic hydroxyl groups excluding tert-OH is 1. The first-order chi connectivity index (χ1) is 9.78. The van der Waals surface area contributed by atoms with Crippen LogP contribution in [0, 0.1) is 0 Å². The fraction of sp³-hybridized carbons (Fsp3) is 0.0625. The summed E-state index contributed by atoms with van der Waals surface area (Å²) in [5.74, 6) is 1.21. The lowest BCUT2D eigenvalue weighted by atomic mass is 10.2. The van der Waals surface area contributed by atoms with Crippen molar-refractivity contribution in [2.24, 2.45) is 0 Å². The Labute approximate surface area is 121 Å². The van der Waals surface area contributed by atoms with Crippen molar-refractivity contribution in [3.05, 3.63) is 65.3 Å². The molecule has 1 aromatic heterocycles. The molecule has 0 saturated carbocycles. The van der Waals surface area contributed by atoms with Crippen LogP contribution in [0.3, 0.4) is 0 Å². The highest BCUT2D eigenvalue weighted by molar-refractivity contribution is 6.32. The fourth-order valence-electron chi connectivity index (χ4n) is 2.01. The third kappa shape index (κ3) is 2.46. The monoisotopic (exact) mass is 285 g/mol. The van der Waals surface area contributed by atoms with Crippen LogP contribution in [-0.4, -0.2) is 10.1 Å². The Morgan fingerprint density at radius 2 is 1.75 bits per heavy atom. The van der Waals surface area contributed by atoms with E-state index in [0.717, 1.165) is 10.9 Å². The summed E-state index contributed by atoms with van der Waals surface area (Å²) in [5.41, 5.74) is 1.34. The van der Waals surface area contributed by atoms with Crippen LogP contribution in [0.25, 0.3) is 10.9 Å². The van der Waals surface area contributed by atoms with Crippen LogP contribution in [-0.2, 0) is 6.61 Å². The number of hydrogen-bond acceptors (Lipinski definition) is 3. The molecule has 0 saturated heterocycles. The lowest BCUT2D eigenvalue weighted by molar-refractivity contribution is 0.277. The Hall–Kier alpha value is -2.10. The number of halogens is 1. The van der Waals surface area contributed by atoms with Gasteiger partial charge in [0.15, 0.2) is 0 Å². The average Bonchev–Trinajstić information content (AvgIpc) is 2.49. The van der Waals surface area contributed by atoms with Gasteiger partial charge in [0, 0.05) is 11.5 Å². The number of pyridine rings is 1. The maximum Gasteiger partial charge on any atom is 0.146 e. The van der Waals surface area contributed by atoms with E-state index in [1.54, 1.807) is 18.2 Å². The smallest absolute Gasteiger partial charge is 0.146 e. The first-order valence-electron chi connectivity index (χ1n) is 6.20. The first-order valence-corrected chi connectivity index (χ1v) is 6.57. The minimum absolute atomic E-state index is 0.135. The van der Waals surface area contributed by atoms with Crippen molar-refractivity contribution >= 4 is 22.5 Å². The SMILES string of the molecule is OCc1cc(Oc2ccccc2Cl)c2ccccc2n1. The van der Waals surface area contributed by atoms with Gasteiger partial charge in [-0.25, -0.2) is 0 Å². The van der Waals surface area contributed by atoms with Crippen LogP contribution in [0.4, 0.5) is 0 Å². The zero-order chi connectivity index (χ0) is 13.9. The van der Waals surface area contributed by atoms with E-state index in [1.165, 1.54) is 0 Å². The number of ether oxygens (including phenoxy) is 1. The number of nitrogens with zero attached hydrogens (tertiary/aromatic N) is 1. The minimum atomic E-state index is -0.135. The van der Waals surface area contributed by atoms with E-state index in [9.17, 15) is 5.11 Å². The molecule has 0 unspecified atom stereocenters. The van der Waals surface area contributed by atoms with Gasteiger partial charge in [-0.1, -0.05) is 35.9 Å². The van der Waals surface area contributed by atoms with Crippen LogP contribution < -0.4 is 4.74 Å². The zero-order valence-corrected chi connectivity index (χ0v) is 11.3. The van der Waals surface area contributed by atoms with Crippen molar-refractivity contribution in [3.63, 3.8) is 0 Å². The highest BCUT2D eigenvalue weighted by atomic mass is 35.5. The van der Waals surface area contributed by atoms with E-state index in [1.807, 2.05) is 36.4 Å². The molecule has 1 N–H and O–H groups in total. The Balaban J connectivity index is 2.13. The van der Waals surface area contributed by atoms with Crippen molar-refractivity contribution in [3.8, 4) is 11.5 Å². The Morgan fingerprint density at radius 3 is 2.55 bits per heavy atom. The van der Waals surface area contributed by atoms with E-state index >= 15 is 0 Å².